The van der Waals surface area contributed by atoms with Crippen LogP contribution in [-0.2, 0) is 23.7 Å². The van der Waals surface area contributed by atoms with Crippen LogP contribution >= 0.6 is 0 Å². The molecule has 1 saturated heterocycles. The second-order valence-electron chi connectivity index (χ2n) is 14.4. The fourth-order valence-electron chi connectivity index (χ4n) is 6.29. The van der Waals surface area contributed by atoms with Gasteiger partial charge in [0, 0.05) is 13.0 Å². The van der Waals surface area contributed by atoms with Gasteiger partial charge in [-0.1, -0.05) is 147 Å². The van der Waals surface area contributed by atoms with E-state index in [4.69, 9.17) is 18.9 Å². The van der Waals surface area contributed by atoms with Gasteiger partial charge >= 0.3 is 5.97 Å². The smallest absolute Gasteiger partial charge is 0.306 e. The van der Waals surface area contributed by atoms with Crippen molar-refractivity contribution in [3.05, 3.63) is 24.3 Å². The lowest BCUT2D eigenvalue weighted by atomic mass is 9.99. The minimum atomic E-state index is -1.53. The van der Waals surface area contributed by atoms with Gasteiger partial charge in [0.25, 0.3) is 0 Å². The van der Waals surface area contributed by atoms with Crippen molar-refractivity contribution in [1.82, 2.24) is 0 Å². The third kappa shape index (κ3) is 26.1. The van der Waals surface area contributed by atoms with Gasteiger partial charge in [-0.2, -0.15) is 0 Å². The fourth-order valence-corrected chi connectivity index (χ4v) is 6.29. The lowest BCUT2D eigenvalue weighted by Gasteiger charge is -2.39. The Morgan fingerprint density at radius 1 is 0.627 bits per heavy atom. The summed E-state index contributed by atoms with van der Waals surface area (Å²) in [5, 5.41) is 40.0. The Balaban J connectivity index is 2.26. The van der Waals surface area contributed by atoms with Crippen LogP contribution in [-0.4, -0.2) is 89.6 Å². The molecule has 1 heterocycles. The molecule has 0 bridgehead atoms. The molecule has 1 aliphatic rings. The summed E-state index contributed by atoms with van der Waals surface area (Å²) in [6, 6.07) is 0. The molecule has 0 radical (unpaired) electrons. The lowest BCUT2D eigenvalue weighted by Crippen LogP contribution is -2.59. The van der Waals surface area contributed by atoms with Crippen LogP contribution < -0.4 is 0 Å². The largest absolute Gasteiger partial charge is 0.457 e. The van der Waals surface area contributed by atoms with Crippen molar-refractivity contribution in [1.29, 1.82) is 0 Å². The fraction of sp³-hybridized carbons (Fsp3) is 0.881. The lowest BCUT2D eigenvalue weighted by molar-refractivity contribution is -0.305. The van der Waals surface area contributed by atoms with E-state index in [-0.39, 0.29) is 19.2 Å². The van der Waals surface area contributed by atoms with E-state index in [0.717, 1.165) is 38.5 Å². The molecule has 9 heteroatoms. The highest BCUT2D eigenvalue weighted by atomic mass is 16.7. The predicted molar refractivity (Wildman–Crippen MR) is 205 cm³/mol. The van der Waals surface area contributed by atoms with E-state index in [0.29, 0.717) is 13.0 Å². The summed E-state index contributed by atoms with van der Waals surface area (Å²) in [6.07, 6.45) is 30.6. The molecule has 6 atom stereocenters. The Labute approximate surface area is 311 Å². The molecule has 0 aromatic rings. The highest BCUT2D eigenvalue weighted by molar-refractivity contribution is 5.69. The second kappa shape index (κ2) is 34.4. The predicted octanol–water partition coefficient (Wildman–Crippen LogP) is 8.64. The van der Waals surface area contributed by atoms with Crippen molar-refractivity contribution in [3.63, 3.8) is 0 Å². The average molecular weight is 727 g/mol. The molecule has 1 fully saturated rings. The quantitative estimate of drug-likeness (QED) is 0.0288. The van der Waals surface area contributed by atoms with Crippen molar-refractivity contribution in [2.75, 3.05) is 26.4 Å². The summed E-state index contributed by atoms with van der Waals surface area (Å²) >= 11 is 0. The van der Waals surface area contributed by atoms with E-state index >= 15 is 0 Å². The summed E-state index contributed by atoms with van der Waals surface area (Å²) in [5.74, 6) is -0.318. The van der Waals surface area contributed by atoms with Crippen molar-refractivity contribution in [2.24, 2.45) is 0 Å². The zero-order valence-electron chi connectivity index (χ0n) is 32.6. The number of ether oxygens (including phenoxy) is 4. The molecule has 300 valence electrons. The molecule has 1 rings (SSSR count). The molecular weight excluding hydrogens is 648 g/mol. The molecular formula is C42H78O9. The molecule has 9 nitrogen and oxygen atoms in total. The van der Waals surface area contributed by atoms with Crippen LogP contribution in [0.15, 0.2) is 24.3 Å². The van der Waals surface area contributed by atoms with Crippen LogP contribution in [0.5, 0.6) is 0 Å². The molecule has 0 aromatic heterocycles. The Hall–Kier alpha value is -1.33. The zero-order valence-corrected chi connectivity index (χ0v) is 32.6. The number of allylic oxidation sites excluding steroid dienone is 4. The first-order valence-corrected chi connectivity index (χ1v) is 20.9. The number of aliphatic hydroxyl groups is 4. The van der Waals surface area contributed by atoms with E-state index in [9.17, 15) is 25.2 Å². The highest BCUT2D eigenvalue weighted by Gasteiger charge is 2.44. The van der Waals surface area contributed by atoms with Gasteiger partial charge in [0.2, 0.25) is 0 Å². The first-order valence-electron chi connectivity index (χ1n) is 20.9. The number of carbonyl (C=O) groups is 1. The first kappa shape index (κ1) is 47.7. The third-order valence-corrected chi connectivity index (χ3v) is 9.62. The molecule has 0 spiro atoms. The summed E-state index contributed by atoms with van der Waals surface area (Å²) in [5.41, 5.74) is 0. The summed E-state index contributed by atoms with van der Waals surface area (Å²) in [6.45, 7) is 4.51. The van der Waals surface area contributed by atoms with E-state index in [2.05, 4.69) is 38.2 Å². The number of carbonyl (C=O) groups excluding carboxylic acids is 1. The van der Waals surface area contributed by atoms with Crippen molar-refractivity contribution in [3.8, 4) is 0 Å². The Morgan fingerprint density at radius 3 is 1.73 bits per heavy atom. The number of rotatable bonds is 35. The van der Waals surface area contributed by atoms with E-state index in [1.54, 1.807) is 0 Å². The zero-order chi connectivity index (χ0) is 37.2. The molecule has 0 saturated carbocycles. The van der Waals surface area contributed by atoms with Gasteiger partial charge in [0.05, 0.1) is 19.8 Å². The molecule has 0 amide bonds. The molecule has 1 aliphatic heterocycles. The standard InChI is InChI=1S/C42H78O9/c1-3-5-7-9-11-13-15-16-17-18-19-20-21-22-24-26-28-30-32-48-34-36(35-49-42-41(47)40(46)39(45)37(33-43)51-42)50-38(44)31-29-27-25-23-14-12-10-8-6-4-2/h11,13,16-17,36-37,39-43,45-47H,3-10,12,14-15,18-35H2,1-2H3/b13-11-,17-16-. The summed E-state index contributed by atoms with van der Waals surface area (Å²) in [4.78, 5) is 12.7. The van der Waals surface area contributed by atoms with Crippen LogP contribution in [0.4, 0.5) is 0 Å². The van der Waals surface area contributed by atoms with Crippen LogP contribution in [0, 0.1) is 0 Å². The van der Waals surface area contributed by atoms with Crippen molar-refractivity contribution >= 4 is 5.97 Å². The monoisotopic (exact) mass is 727 g/mol. The second-order valence-corrected chi connectivity index (χ2v) is 14.4. The molecule has 0 aromatic carbocycles. The van der Waals surface area contributed by atoms with Gasteiger partial charge in [-0.3, -0.25) is 4.79 Å². The Bertz CT molecular complexity index is 833. The average Bonchev–Trinajstić information content (AvgIpc) is 3.13. The topological polar surface area (TPSA) is 135 Å². The summed E-state index contributed by atoms with van der Waals surface area (Å²) < 4.78 is 22.7. The van der Waals surface area contributed by atoms with Gasteiger partial charge in [-0.25, -0.2) is 0 Å². The first-order chi connectivity index (χ1) is 24.9. The number of esters is 1. The van der Waals surface area contributed by atoms with Crippen LogP contribution in [0.2, 0.25) is 0 Å². The summed E-state index contributed by atoms with van der Waals surface area (Å²) in [7, 11) is 0. The van der Waals surface area contributed by atoms with Crippen LogP contribution in [0.25, 0.3) is 0 Å². The molecule has 51 heavy (non-hydrogen) atoms. The van der Waals surface area contributed by atoms with Gasteiger partial charge in [0.1, 0.15) is 30.5 Å². The Morgan fingerprint density at radius 2 is 1.14 bits per heavy atom. The van der Waals surface area contributed by atoms with E-state index in [1.165, 1.54) is 116 Å². The van der Waals surface area contributed by atoms with Gasteiger partial charge in [-0.15, -0.1) is 0 Å². The number of unbranched alkanes of at least 4 members (excludes halogenated alkanes) is 20. The van der Waals surface area contributed by atoms with Gasteiger partial charge in [0.15, 0.2) is 6.29 Å². The van der Waals surface area contributed by atoms with Crippen LogP contribution in [0.1, 0.15) is 174 Å². The Kier molecular flexibility index (Phi) is 32.2. The number of hydrogen-bond acceptors (Lipinski definition) is 9. The van der Waals surface area contributed by atoms with E-state index in [1.807, 2.05) is 0 Å². The third-order valence-electron chi connectivity index (χ3n) is 9.62. The normalized spacial score (nSPS) is 21.6. The maximum atomic E-state index is 12.7. The minimum absolute atomic E-state index is 0.113. The number of aliphatic hydroxyl groups excluding tert-OH is 4. The molecule has 4 N–H and O–H groups in total. The number of hydrogen-bond donors (Lipinski definition) is 4. The maximum Gasteiger partial charge on any atom is 0.306 e. The van der Waals surface area contributed by atoms with Crippen molar-refractivity contribution in [2.45, 2.75) is 211 Å². The minimum Gasteiger partial charge on any atom is -0.457 e. The van der Waals surface area contributed by atoms with Crippen molar-refractivity contribution < 1.29 is 44.2 Å². The molecule has 0 aliphatic carbocycles. The van der Waals surface area contributed by atoms with Gasteiger partial charge < -0.3 is 39.4 Å². The maximum absolute atomic E-state index is 12.7. The van der Waals surface area contributed by atoms with E-state index < -0.39 is 43.4 Å². The van der Waals surface area contributed by atoms with Gasteiger partial charge in [-0.05, 0) is 44.9 Å². The SMILES string of the molecule is CCCCC/C=C\C/C=C\CCCCCCCCCCOCC(COC1OC(CO)C(O)C(O)C1O)OC(=O)CCCCCCCCCCCC. The molecule has 6 unspecified atom stereocenters. The highest BCUT2D eigenvalue weighted by Crippen LogP contribution is 2.22. The van der Waals surface area contributed by atoms with Crippen LogP contribution in [0.3, 0.4) is 0 Å².